The molecule has 1 heterocycles. The molecule has 0 unspecified atom stereocenters. The first kappa shape index (κ1) is 18.2. The smallest absolute Gasteiger partial charge is 0.239 e. The SMILES string of the molecule is Cc1ccc(C[C@@H]2S/C(=N/N=C/c3ccc(N(C)C)cc3)NC2=O)cc1. The highest BCUT2D eigenvalue weighted by Crippen LogP contribution is 2.23. The molecule has 1 amide bonds. The van der Waals surface area contributed by atoms with Crippen LogP contribution in [0.5, 0.6) is 0 Å². The van der Waals surface area contributed by atoms with Crippen molar-refractivity contribution in [2.45, 2.75) is 18.6 Å². The third kappa shape index (κ3) is 4.73. The Labute approximate surface area is 158 Å². The standard InChI is InChI=1S/C20H22N4OS/c1-14-4-6-15(7-5-14)12-18-19(25)22-20(26-18)23-21-13-16-8-10-17(11-9-16)24(2)3/h4-11,13,18H,12H2,1-3H3,(H,22,23,25)/b21-13+/t18-/m0/s1. The molecule has 2 aromatic carbocycles. The average molecular weight is 366 g/mol. The normalized spacial score (nSPS) is 18.5. The maximum absolute atomic E-state index is 12.1. The van der Waals surface area contributed by atoms with E-state index >= 15 is 0 Å². The maximum atomic E-state index is 12.1. The highest BCUT2D eigenvalue weighted by atomic mass is 32.2. The topological polar surface area (TPSA) is 57.1 Å². The fourth-order valence-corrected chi connectivity index (χ4v) is 3.50. The second kappa shape index (κ2) is 8.19. The van der Waals surface area contributed by atoms with Gasteiger partial charge in [-0.05, 0) is 36.6 Å². The summed E-state index contributed by atoms with van der Waals surface area (Å²) in [6.07, 6.45) is 2.37. The van der Waals surface area contributed by atoms with Crippen LogP contribution in [-0.4, -0.2) is 36.6 Å². The predicted molar refractivity (Wildman–Crippen MR) is 110 cm³/mol. The van der Waals surface area contributed by atoms with Crippen molar-refractivity contribution < 1.29 is 4.79 Å². The number of amidine groups is 1. The minimum atomic E-state index is -0.161. The zero-order valence-corrected chi connectivity index (χ0v) is 16.0. The lowest BCUT2D eigenvalue weighted by atomic mass is 10.1. The molecule has 1 atom stereocenters. The van der Waals surface area contributed by atoms with Crippen molar-refractivity contribution >= 4 is 34.7 Å². The molecule has 1 N–H and O–H groups in total. The van der Waals surface area contributed by atoms with E-state index in [1.807, 2.05) is 43.3 Å². The molecule has 0 aliphatic carbocycles. The van der Waals surface area contributed by atoms with Crippen LogP contribution < -0.4 is 10.2 Å². The van der Waals surface area contributed by atoms with E-state index < -0.39 is 0 Å². The van der Waals surface area contributed by atoms with Crippen molar-refractivity contribution in [1.29, 1.82) is 0 Å². The zero-order valence-electron chi connectivity index (χ0n) is 15.1. The molecular weight excluding hydrogens is 344 g/mol. The first-order valence-electron chi connectivity index (χ1n) is 8.43. The van der Waals surface area contributed by atoms with Crippen molar-refractivity contribution in [3.63, 3.8) is 0 Å². The molecule has 1 saturated heterocycles. The lowest BCUT2D eigenvalue weighted by molar-refractivity contribution is -0.118. The average Bonchev–Trinajstić information content (AvgIpc) is 2.97. The summed E-state index contributed by atoms with van der Waals surface area (Å²) in [4.78, 5) is 14.2. The number of amides is 1. The van der Waals surface area contributed by atoms with Crippen molar-refractivity contribution in [1.82, 2.24) is 5.32 Å². The van der Waals surface area contributed by atoms with Crippen molar-refractivity contribution in [3.05, 3.63) is 65.2 Å². The van der Waals surface area contributed by atoms with E-state index in [1.54, 1.807) is 6.21 Å². The van der Waals surface area contributed by atoms with Crippen molar-refractivity contribution in [2.24, 2.45) is 10.2 Å². The van der Waals surface area contributed by atoms with Gasteiger partial charge in [0.1, 0.15) is 0 Å². The number of carbonyl (C=O) groups is 1. The second-order valence-corrected chi connectivity index (χ2v) is 7.61. The summed E-state index contributed by atoms with van der Waals surface area (Å²) in [6, 6.07) is 16.3. The molecule has 0 aromatic heterocycles. The van der Waals surface area contributed by atoms with Gasteiger partial charge >= 0.3 is 0 Å². The number of benzene rings is 2. The summed E-state index contributed by atoms with van der Waals surface area (Å²) >= 11 is 1.43. The molecule has 1 aliphatic rings. The molecule has 6 heteroatoms. The van der Waals surface area contributed by atoms with Crippen LogP contribution in [-0.2, 0) is 11.2 Å². The molecule has 5 nitrogen and oxygen atoms in total. The second-order valence-electron chi connectivity index (χ2n) is 6.42. The van der Waals surface area contributed by atoms with Gasteiger partial charge in [-0.3, -0.25) is 4.79 Å². The molecule has 0 spiro atoms. The Kier molecular flexibility index (Phi) is 5.73. The summed E-state index contributed by atoms with van der Waals surface area (Å²) in [5.74, 6) is -0.0140. The largest absolute Gasteiger partial charge is 0.378 e. The minimum Gasteiger partial charge on any atom is -0.378 e. The summed E-state index contributed by atoms with van der Waals surface area (Å²) in [5.41, 5.74) is 4.46. The van der Waals surface area contributed by atoms with Crippen LogP contribution >= 0.6 is 11.8 Å². The third-order valence-electron chi connectivity index (χ3n) is 4.08. The highest BCUT2D eigenvalue weighted by Gasteiger charge is 2.30. The van der Waals surface area contributed by atoms with E-state index in [0.29, 0.717) is 11.6 Å². The number of hydrogen-bond donors (Lipinski definition) is 1. The van der Waals surface area contributed by atoms with Crippen LogP contribution in [0.3, 0.4) is 0 Å². The van der Waals surface area contributed by atoms with Gasteiger partial charge in [0.15, 0.2) is 5.17 Å². The quantitative estimate of drug-likeness (QED) is 0.653. The third-order valence-corrected chi connectivity index (χ3v) is 5.16. The van der Waals surface area contributed by atoms with Gasteiger partial charge in [0.2, 0.25) is 5.91 Å². The Morgan fingerprint density at radius 1 is 1.12 bits per heavy atom. The number of nitrogens with one attached hydrogen (secondary N) is 1. The van der Waals surface area contributed by atoms with Crippen LogP contribution in [0.1, 0.15) is 16.7 Å². The molecule has 134 valence electrons. The van der Waals surface area contributed by atoms with Gasteiger partial charge in [-0.25, -0.2) is 0 Å². The Hall–Kier alpha value is -2.60. The van der Waals surface area contributed by atoms with Gasteiger partial charge < -0.3 is 10.2 Å². The van der Waals surface area contributed by atoms with E-state index in [9.17, 15) is 4.79 Å². The van der Waals surface area contributed by atoms with Crippen molar-refractivity contribution in [2.75, 3.05) is 19.0 Å². The van der Waals surface area contributed by atoms with Crippen LogP contribution in [0.2, 0.25) is 0 Å². The van der Waals surface area contributed by atoms with E-state index in [-0.39, 0.29) is 11.2 Å². The van der Waals surface area contributed by atoms with Gasteiger partial charge in [0, 0.05) is 19.8 Å². The predicted octanol–water partition coefficient (Wildman–Crippen LogP) is 3.23. The van der Waals surface area contributed by atoms with E-state index in [2.05, 4.69) is 46.7 Å². The molecular formula is C20H22N4OS. The molecule has 2 aromatic rings. The summed E-state index contributed by atoms with van der Waals surface area (Å²) in [7, 11) is 4.00. The van der Waals surface area contributed by atoms with Gasteiger partial charge in [0.05, 0.1) is 11.5 Å². The first-order chi connectivity index (χ1) is 12.5. The lowest BCUT2D eigenvalue weighted by Crippen LogP contribution is -2.25. The molecule has 1 fully saturated rings. The van der Waals surface area contributed by atoms with Crippen LogP contribution in [0, 0.1) is 6.92 Å². The summed E-state index contributed by atoms with van der Waals surface area (Å²) < 4.78 is 0. The lowest BCUT2D eigenvalue weighted by Gasteiger charge is -2.11. The van der Waals surface area contributed by atoms with E-state index in [1.165, 1.54) is 17.3 Å². The number of thioether (sulfide) groups is 1. The number of rotatable bonds is 5. The summed E-state index contributed by atoms with van der Waals surface area (Å²) in [6.45, 7) is 2.05. The molecule has 0 bridgehead atoms. The van der Waals surface area contributed by atoms with Gasteiger partial charge in [-0.2, -0.15) is 5.10 Å². The molecule has 26 heavy (non-hydrogen) atoms. The molecule has 3 rings (SSSR count). The van der Waals surface area contributed by atoms with E-state index in [0.717, 1.165) is 16.8 Å². The van der Waals surface area contributed by atoms with Crippen LogP contribution in [0.25, 0.3) is 0 Å². The Bertz CT molecular complexity index is 826. The van der Waals surface area contributed by atoms with Gasteiger partial charge in [-0.1, -0.05) is 53.7 Å². The number of nitrogens with zero attached hydrogens (tertiary/aromatic N) is 3. The number of carbonyl (C=O) groups excluding carboxylic acids is 1. The highest BCUT2D eigenvalue weighted by molar-refractivity contribution is 8.15. The monoisotopic (exact) mass is 366 g/mol. The maximum Gasteiger partial charge on any atom is 0.239 e. The molecule has 1 aliphatic heterocycles. The van der Waals surface area contributed by atoms with Gasteiger partial charge in [-0.15, -0.1) is 5.10 Å². The summed E-state index contributed by atoms with van der Waals surface area (Å²) in [5, 5.41) is 11.4. The van der Waals surface area contributed by atoms with Crippen LogP contribution in [0.15, 0.2) is 58.7 Å². The molecule has 0 saturated carbocycles. The number of aryl methyl sites for hydroxylation is 1. The fraction of sp³-hybridized carbons (Fsp3) is 0.250. The Morgan fingerprint density at radius 3 is 2.46 bits per heavy atom. The zero-order chi connectivity index (χ0) is 18.5. The fourth-order valence-electron chi connectivity index (χ4n) is 2.53. The first-order valence-corrected chi connectivity index (χ1v) is 9.31. The Balaban J connectivity index is 1.59. The minimum absolute atomic E-state index is 0.0140. The number of anilines is 1. The van der Waals surface area contributed by atoms with Gasteiger partial charge in [0.25, 0.3) is 0 Å². The molecule has 0 radical (unpaired) electrons. The number of hydrogen-bond acceptors (Lipinski definition) is 5. The van der Waals surface area contributed by atoms with Crippen molar-refractivity contribution in [3.8, 4) is 0 Å². The van der Waals surface area contributed by atoms with Crippen LogP contribution in [0.4, 0.5) is 5.69 Å². The van der Waals surface area contributed by atoms with E-state index in [4.69, 9.17) is 0 Å². The Morgan fingerprint density at radius 2 is 1.81 bits per heavy atom.